The third-order valence-corrected chi connectivity index (χ3v) is 8.61. The number of nitrogens with zero attached hydrogens (tertiary/aromatic N) is 2. The van der Waals surface area contributed by atoms with Gasteiger partial charge in [0.1, 0.15) is 18.3 Å². The third-order valence-electron chi connectivity index (χ3n) is 5.59. The fraction of sp³-hybridized carbons (Fsp3) is 0.500. The summed E-state index contributed by atoms with van der Waals surface area (Å²) in [5.41, 5.74) is 2.57. The smallest absolute Gasteiger partial charge is 0.407 e. The maximum absolute atomic E-state index is 11.2. The van der Waals surface area contributed by atoms with Crippen LogP contribution in [-0.2, 0) is 19.6 Å². The molecule has 1 unspecified atom stereocenters. The fourth-order valence-electron chi connectivity index (χ4n) is 3.61. The van der Waals surface area contributed by atoms with E-state index in [0.29, 0.717) is 5.88 Å². The maximum atomic E-state index is 11.2. The first kappa shape index (κ1) is 31.4. The van der Waals surface area contributed by atoms with Crippen LogP contribution in [0.4, 0.5) is 4.79 Å². The SMILES string of the molecule is CC(C)C(=O)C1COC(=O)N1.CC(C)NS(=O)(=O)C1CC1.CC(C)Oc1nc2ccccc2nc1-c1cccs1. The van der Waals surface area contributed by atoms with Crippen LogP contribution in [0.1, 0.15) is 54.4 Å². The fourth-order valence-corrected chi connectivity index (χ4v) is 5.92. The van der Waals surface area contributed by atoms with Gasteiger partial charge in [-0.15, -0.1) is 11.3 Å². The van der Waals surface area contributed by atoms with Gasteiger partial charge in [0.25, 0.3) is 0 Å². The standard InChI is InChI=1S/C15H14N2OS.C7H11NO3.C6H13NO2S/c1-10(2)18-15-14(13-8-5-9-19-13)16-11-6-3-4-7-12(11)17-15;1-4(2)6(9)5-3-11-7(10)8-5;1-5(2)7-10(8,9)6-3-4-6/h3-10H,1-2H3;4-5H,3H2,1-2H3,(H,8,10);5-7H,3-4H2,1-2H3. The number of carbonyl (C=O) groups excluding carboxylic acids is 2. The number of rotatable bonds is 8. The number of Topliss-reactive ketones (excluding diaryl/α,β-unsaturated/α-hetero) is 1. The predicted molar refractivity (Wildman–Crippen MR) is 157 cm³/mol. The van der Waals surface area contributed by atoms with Crippen molar-refractivity contribution in [2.24, 2.45) is 5.92 Å². The largest absolute Gasteiger partial charge is 0.473 e. The van der Waals surface area contributed by atoms with Gasteiger partial charge in [-0.2, -0.15) is 0 Å². The van der Waals surface area contributed by atoms with Crippen molar-refractivity contribution in [1.82, 2.24) is 20.0 Å². The van der Waals surface area contributed by atoms with Crippen LogP contribution in [0, 0.1) is 5.92 Å². The highest BCUT2D eigenvalue weighted by Gasteiger charge is 2.35. The molecule has 1 amide bonds. The second kappa shape index (κ2) is 14.0. The molecule has 40 heavy (non-hydrogen) atoms. The van der Waals surface area contributed by atoms with E-state index in [1.807, 2.05) is 69.5 Å². The number of aromatic nitrogens is 2. The molecule has 1 aromatic carbocycles. The first-order valence-electron chi connectivity index (χ1n) is 13.3. The van der Waals surface area contributed by atoms with Gasteiger partial charge < -0.3 is 14.8 Å². The minimum absolute atomic E-state index is 0.0239. The zero-order valence-electron chi connectivity index (χ0n) is 23.7. The quantitative estimate of drug-likeness (QED) is 0.376. The Kier molecular flexibility index (Phi) is 11.0. The lowest BCUT2D eigenvalue weighted by molar-refractivity contribution is -0.123. The van der Waals surface area contributed by atoms with E-state index in [0.717, 1.165) is 34.4 Å². The Morgan fingerprint density at radius 2 is 1.70 bits per heavy atom. The van der Waals surface area contributed by atoms with Crippen LogP contribution in [-0.4, -0.2) is 60.3 Å². The summed E-state index contributed by atoms with van der Waals surface area (Å²) < 4.78 is 35.1. The number of ketones is 1. The Labute approximate surface area is 239 Å². The average Bonchev–Trinajstić information content (AvgIpc) is 3.45. The van der Waals surface area contributed by atoms with E-state index in [4.69, 9.17) is 9.72 Å². The molecular weight excluding hydrogens is 552 g/mol. The van der Waals surface area contributed by atoms with E-state index in [2.05, 4.69) is 19.8 Å². The summed E-state index contributed by atoms with van der Waals surface area (Å²) in [4.78, 5) is 32.1. The lowest BCUT2D eigenvalue weighted by Crippen LogP contribution is -2.36. The van der Waals surface area contributed by atoms with Gasteiger partial charge in [-0.25, -0.2) is 27.9 Å². The highest BCUT2D eigenvalue weighted by molar-refractivity contribution is 7.90. The number of cyclic esters (lactones) is 1. The lowest BCUT2D eigenvalue weighted by atomic mass is 10.0. The van der Waals surface area contributed by atoms with E-state index < -0.39 is 22.2 Å². The first-order chi connectivity index (χ1) is 18.9. The summed E-state index contributed by atoms with van der Waals surface area (Å²) in [6.45, 7) is 11.4. The van der Waals surface area contributed by atoms with Gasteiger partial charge in [0, 0.05) is 12.0 Å². The third kappa shape index (κ3) is 9.24. The highest BCUT2D eigenvalue weighted by Crippen LogP contribution is 2.32. The molecule has 1 aliphatic heterocycles. The minimum atomic E-state index is -2.94. The summed E-state index contributed by atoms with van der Waals surface area (Å²) >= 11 is 1.64. The zero-order chi connectivity index (χ0) is 29.4. The molecule has 3 heterocycles. The van der Waals surface area contributed by atoms with Crippen molar-refractivity contribution in [3.8, 4) is 16.5 Å². The molecule has 10 nitrogen and oxygen atoms in total. The van der Waals surface area contributed by atoms with E-state index >= 15 is 0 Å². The van der Waals surface area contributed by atoms with Gasteiger partial charge in [-0.1, -0.05) is 32.0 Å². The maximum Gasteiger partial charge on any atom is 0.407 e. The predicted octanol–water partition coefficient (Wildman–Crippen LogP) is 4.94. The van der Waals surface area contributed by atoms with Gasteiger partial charge in [-0.3, -0.25) is 4.79 Å². The summed E-state index contributed by atoms with van der Waals surface area (Å²) in [5.74, 6) is 0.578. The molecule has 0 radical (unpaired) electrons. The zero-order valence-corrected chi connectivity index (χ0v) is 25.3. The van der Waals surface area contributed by atoms with E-state index in [-0.39, 0.29) is 35.7 Å². The first-order valence-corrected chi connectivity index (χ1v) is 15.8. The van der Waals surface area contributed by atoms with Crippen molar-refractivity contribution in [1.29, 1.82) is 0 Å². The molecule has 2 N–H and O–H groups in total. The Morgan fingerprint density at radius 3 is 2.17 bits per heavy atom. The average molecular weight is 591 g/mol. The molecule has 2 aromatic heterocycles. The molecule has 2 aliphatic rings. The molecule has 5 rings (SSSR count). The summed E-state index contributed by atoms with van der Waals surface area (Å²) in [5, 5.41) is 4.37. The molecule has 12 heteroatoms. The second-order valence-corrected chi connectivity index (χ2v) is 13.3. The summed E-state index contributed by atoms with van der Waals surface area (Å²) in [7, 11) is -2.94. The van der Waals surface area contributed by atoms with Crippen molar-refractivity contribution in [3.05, 3.63) is 41.8 Å². The Balaban J connectivity index is 0.000000180. The molecule has 3 aromatic rings. The van der Waals surface area contributed by atoms with E-state index in [1.54, 1.807) is 25.2 Å². The van der Waals surface area contributed by atoms with Gasteiger partial charge >= 0.3 is 6.09 Å². The second-order valence-electron chi connectivity index (χ2n) is 10.4. The van der Waals surface area contributed by atoms with Gasteiger partial charge in [-0.05, 0) is 64.1 Å². The number of benzene rings is 1. The number of fused-ring (bicyclic) bond motifs is 1. The number of hydrogen-bond acceptors (Lipinski definition) is 9. The van der Waals surface area contributed by atoms with Crippen molar-refractivity contribution in [2.45, 2.75) is 77.8 Å². The lowest BCUT2D eigenvalue weighted by Gasteiger charge is -2.12. The molecule has 0 spiro atoms. The molecule has 218 valence electrons. The Bertz CT molecular complexity index is 1390. The van der Waals surface area contributed by atoms with Crippen LogP contribution in [0.5, 0.6) is 5.88 Å². The minimum Gasteiger partial charge on any atom is -0.473 e. The van der Waals surface area contributed by atoms with Gasteiger partial charge in [0.2, 0.25) is 15.9 Å². The number of carbonyl (C=O) groups is 2. The Morgan fingerprint density at radius 1 is 1.05 bits per heavy atom. The number of amides is 1. The van der Waals surface area contributed by atoms with Crippen molar-refractivity contribution >= 4 is 44.3 Å². The van der Waals surface area contributed by atoms with Crippen LogP contribution in [0.2, 0.25) is 0 Å². The van der Waals surface area contributed by atoms with Gasteiger partial charge in [0.05, 0.1) is 27.3 Å². The van der Waals surface area contributed by atoms with Crippen LogP contribution in [0.25, 0.3) is 21.6 Å². The van der Waals surface area contributed by atoms with Crippen LogP contribution in [0.15, 0.2) is 41.8 Å². The normalized spacial score (nSPS) is 16.6. The van der Waals surface area contributed by atoms with Crippen LogP contribution < -0.4 is 14.8 Å². The van der Waals surface area contributed by atoms with E-state index in [1.165, 1.54) is 0 Å². The van der Waals surface area contributed by atoms with Crippen molar-refractivity contribution in [3.63, 3.8) is 0 Å². The van der Waals surface area contributed by atoms with Crippen LogP contribution >= 0.6 is 11.3 Å². The number of hydrogen-bond donors (Lipinski definition) is 2. The molecule has 1 saturated heterocycles. The number of ether oxygens (including phenoxy) is 2. The monoisotopic (exact) mass is 590 g/mol. The molecular formula is C28H38N4O6S2. The Hall–Kier alpha value is -3.09. The molecule has 0 bridgehead atoms. The number of para-hydroxylation sites is 2. The number of thiophene rings is 1. The molecule has 1 saturated carbocycles. The molecule has 2 fully saturated rings. The van der Waals surface area contributed by atoms with Gasteiger partial charge in [0.15, 0.2) is 5.78 Å². The van der Waals surface area contributed by atoms with Crippen molar-refractivity contribution < 1.29 is 27.5 Å². The summed E-state index contributed by atoms with van der Waals surface area (Å²) in [6, 6.07) is 11.5. The number of sulfonamides is 1. The summed E-state index contributed by atoms with van der Waals surface area (Å²) in [6.07, 6.45) is 1.25. The number of alkyl carbamates (subject to hydrolysis) is 1. The highest BCUT2D eigenvalue weighted by atomic mass is 32.2. The van der Waals surface area contributed by atoms with Crippen molar-refractivity contribution in [2.75, 3.05) is 6.61 Å². The molecule has 1 atom stereocenters. The topological polar surface area (TPSA) is 137 Å². The van der Waals surface area contributed by atoms with E-state index in [9.17, 15) is 18.0 Å². The number of nitrogens with one attached hydrogen (secondary N) is 2. The van der Waals surface area contributed by atoms with Crippen LogP contribution in [0.3, 0.4) is 0 Å². The molecule has 1 aliphatic carbocycles.